The van der Waals surface area contributed by atoms with Gasteiger partial charge in [-0.05, 0) is 0 Å². The Balaban J connectivity index is 2.90. The maximum atomic E-state index is 7.35. The van der Waals surface area contributed by atoms with Gasteiger partial charge in [-0.2, -0.15) is 0 Å². The smallest absolute Gasteiger partial charge is 0.0264 e. The van der Waals surface area contributed by atoms with Crippen LogP contribution in [0.25, 0.3) is 0 Å². The Morgan fingerprint density at radius 1 is 1.00 bits per heavy atom. The Morgan fingerprint density at radius 2 is 1.60 bits per heavy atom. The molecule has 0 aliphatic carbocycles. The fourth-order valence-corrected chi connectivity index (χ4v) is 1.07. The molecule has 0 amide bonds. The highest BCUT2D eigenvalue weighted by atomic mass is 13.9. The molecular weight excluding hydrogens is 120 g/mol. The lowest BCUT2D eigenvalue weighted by molar-refractivity contribution is 0.585. The van der Waals surface area contributed by atoms with Gasteiger partial charge in [0, 0.05) is 2.74 Å². The third-order valence-corrected chi connectivity index (χ3v) is 1.76. The third kappa shape index (κ3) is 8.00. The first-order chi connectivity index (χ1) is 5.81. The van der Waals surface area contributed by atoms with Crippen molar-refractivity contribution in [1.82, 2.24) is 0 Å². The molecule has 0 bridgehead atoms. The van der Waals surface area contributed by atoms with Gasteiger partial charge in [0.1, 0.15) is 0 Å². The van der Waals surface area contributed by atoms with Gasteiger partial charge in [0.2, 0.25) is 0 Å². The van der Waals surface area contributed by atoms with E-state index in [0.29, 0.717) is 0 Å². The van der Waals surface area contributed by atoms with E-state index in [1.807, 2.05) is 0 Å². The molecule has 0 fully saturated rings. The van der Waals surface area contributed by atoms with E-state index < -0.39 is 0 Å². The lowest BCUT2D eigenvalue weighted by atomic mass is 10.1. The fourth-order valence-electron chi connectivity index (χ4n) is 1.07. The zero-order valence-electron chi connectivity index (χ0n) is 9.23. The minimum atomic E-state index is -0.129. The topological polar surface area (TPSA) is 0 Å². The summed E-state index contributed by atoms with van der Waals surface area (Å²) in [7, 11) is 0. The van der Waals surface area contributed by atoms with Crippen molar-refractivity contribution in [3.05, 3.63) is 0 Å². The van der Waals surface area contributed by atoms with Crippen molar-refractivity contribution in [2.45, 2.75) is 65.2 Å². The van der Waals surface area contributed by atoms with E-state index in [2.05, 4.69) is 6.92 Å². The molecule has 0 spiro atoms. The van der Waals surface area contributed by atoms with Crippen molar-refractivity contribution in [2.75, 3.05) is 0 Å². The molecule has 1 atom stereocenters. The first-order valence-electron chi connectivity index (χ1n) is 5.81. The van der Waals surface area contributed by atoms with E-state index in [9.17, 15) is 0 Å². The van der Waals surface area contributed by atoms with Crippen LogP contribution in [0.4, 0.5) is 0 Å². The van der Waals surface area contributed by atoms with Crippen LogP contribution in [0.15, 0.2) is 0 Å². The molecule has 0 aromatic heterocycles. The Hall–Kier alpha value is 0. The fraction of sp³-hybridized carbons (Fsp3) is 1.00. The van der Waals surface area contributed by atoms with Crippen molar-refractivity contribution in [3.63, 3.8) is 0 Å². The summed E-state index contributed by atoms with van der Waals surface area (Å²) in [4.78, 5) is 0. The van der Waals surface area contributed by atoms with Crippen LogP contribution in [0.1, 0.15) is 67.9 Å². The van der Waals surface area contributed by atoms with Gasteiger partial charge in [-0.3, -0.25) is 0 Å². The molecule has 1 unspecified atom stereocenters. The quantitative estimate of drug-likeness (QED) is 0.471. The lowest BCUT2D eigenvalue weighted by Gasteiger charge is -1.97. The molecule has 0 N–H and O–H groups in total. The SMILES string of the molecule is [2H]CC([2H])CCCCCCCC. The first-order valence-corrected chi connectivity index (χ1v) is 4.52. The molecule has 0 aromatic rings. The minimum Gasteiger partial charge on any atom is -0.0654 e. The number of hydrogen-bond donors (Lipinski definition) is 0. The molecule has 0 radical (unpaired) electrons. The molecule has 0 heterocycles. The van der Waals surface area contributed by atoms with Crippen LogP contribution < -0.4 is 0 Å². The van der Waals surface area contributed by atoms with Crippen LogP contribution in [-0.4, -0.2) is 0 Å². The summed E-state index contributed by atoms with van der Waals surface area (Å²) in [5.41, 5.74) is 0. The number of unbranched alkanes of at least 4 members (excludes halogenated alkanes) is 5. The highest BCUT2D eigenvalue weighted by molar-refractivity contribution is 4.43. The summed E-state index contributed by atoms with van der Waals surface area (Å²) < 4.78 is 14.3. The third-order valence-electron chi connectivity index (χ3n) is 1.76. The van der Waals surface area contributed by atoms with E-state index >= 15 is 0 Å². The van der Waals surface area contributed by atoms with Gasteiger partial charge in [0.05, 0.1) is 0 Å². The Labute approximate surface area is 68.8 Å². The average molecular weight is 144 g/mol. The van der Waals surface area contributed by atoms with Crippen LogP contribution in [0.2, 0.25) is 0 Å². The van der Waals surface area contributed by atoms with Crippen LogP contribution in [-0.2, 0) is 0 Å². The average Bonchev–Trinajstić information content (AvgIpc) is 2.10. The molecule has 0 saturated carbocycles. The molecule has 0 aliphatic heterocycles. The Bertz CT molecular complexity index is 83.9. The monoisotopic (exact) mass is 144 g/mol. The summed E-state index contributed by atoms with van der Waals surface area (Å²) in [6.45, 7) is 2.49. The van der Waals surface area contributed by atoms with E-state index in [0.717, 1.165) is 12.8 Å². The molecule has 0 aliphatic rings. The van der Waals surface area contributed by atoms with Gasteiger partial charge in [-0.15, -0.1) is 0 Å². The van der Waals surface area contributed by atoms with Crippen molar-refractivity contribution in [3.8, 4) is 0 Å². The molecular formula is C10H22. The highest BCUT2D eigenvalue weighted by Gasteiger charge is 1.87. The van der Waals surface area contributed by atoms with E-state index in [1.165, 1.54) is 32.1 Å². The van der Waals surface area contributed by atoms with Gasteiger partial charge in [-0.1, -0.05) is 65.2 Å². The summed E-state index contributed by atoms with van der Waals surface area (Å²) in [5, 5.41) is 0. The maximum absolute atomic E-state index is 7.35. The lowest BCUT2D eigenvalue weighted by Crippen LogP contribution is -1.77. The minimum absolute atomic E-state index is 0.129. The van der Waals surface area contributed by atoms with E-state index in [4.69, 9.17) is 2.74 Å². The van der Waals surface area contributed by atoms with Crippen LogP contribution in [0.5, 0.6) is 0 Å². The van der Waals surface area contributed by atoms with E-state index in [1.54, 1.807) is 0 Å². The summed E-state index contributed by atoms with van der Waals surface area (Å²) in [6.07, 6.45) is 8.52. The second-order valence-corrected chi connectivity index (χ2v) is 2.85. The molecule has 62 valence electrons. The summed E-state index contributed by atoms with van der Waals surface area (Å²) >= 11 is 0. The molecule has 0 rings (SSSR count). The molecule has 0 nitrogen and oxygen atoms in total. The van der Waals surface area contributed by atoms with Crippen molar-refractivity contribution in [1.29, 1.82) is 0 Å². The van der Waals surface area contributed by atoms with Crippen LogP contribution in [0.3, 0.4) is 0 Å². The second kappa shape index (κ2) is 9.00. The van der Waals surface area contributed by atoms with Crippen LogP contribution in [0, 0.1) is 0 Å². The zero-order chi connectivity index (χ0) is 9.23. The van der Waals surface area contributed by atoms with Crippen LogP contribution >= 0.6 is 0 Å². The summed E-state index contributed by atoms with van der Waals surface area (Å²) in [5.74, 6) is 0. The zero-order valence-corrected chi connectivity index (χ0v) is 7.23. The highest BCUT2D eigenvalue weighted by Crippen LogP contribution is 2.07. The molecule has 0 heteroatoms. The molecule has 0 saturated heterocycles. The second-order valence-electron chi connectivity index (χ2n) is 2.85. The van der Waals surface area contributed by atoms with Gasteiger partial charge in [0.25, 0.3) is 0 Å². The van der Waals surface area contributed by atoms with E-state index in [-0.39, 0.29) is 13.3 Å². The van der Waals surface area contributed by atoms with Gasteiger partial charge in [0.15, 0.2) is 0 Å². The van der Waals surface area contributed by atoms with Crippen molar-refractivity contribution >= 4 is 0 Å². The van der Waals surface area contributed by atoms with Gasteiger partial charge < -0.3 is 0 Å². The Morgan fingerprint density at radius 3 is 2.20 bits per heavy atom. The maximum Gasteiger partial charge on any atom is 0.0264 e. The predicted octanol–water partition coefficient (Wildman–Crippen LogP) is 4.15. The summed E-state index contributed by atoms with van der Waals surface area (Å²) in [6, 6.07) is 0. The predicted molar refractivity (Wildman–Crippen MR) is 48.3 cm³/mol. The largest absolute Gasteiger partial charge is 0.0654 e. The number of rotatable bonds is 7. The standard InChI is InChI=1S/C10H22/c1-3-5-7-9-10-8-6-4-2/h3-10H2,1-2H3/i1D,3D. The van der Waals surface area contributed by atoms with Crippen molar-refractivity contribution in [2.24, 2.45) is 0 Å². The normalized spacial score (nSPS) is 16.1. The van der Waals surface area contributed by atoms with Gasteiger partial charge in [-0.25, -0.2) is 0 Å². The molecule has 10 heavy (non-hydrogen) atoms. The van der Waals surface area contributed by atoms with Crippen molar-refractivity contribution < 1.29 is 2.74 Å². The first kappa shape index (κ1) is 6.69. The Kier molecular flexibility index (Phi) is 6.02. The number of hydrogen-bond acceptors (Lipinski definition) is 0. The van der Waals surface area contributed by atoms with Gasteiger partial charge >= 0.3 is 0 Å². The molecule has 0 aromatic carbocycles.